The molecule has 0 aliphatic heterocycles. The van der Waals surface area contributed by atoms with Crippen LogP contribution in [0, 0.1) is 5.82 Å². The predicted octanol–water partition coefficient (Wildman–Crippen LogP) is 3.49. The Balaban J connectivity index is 2.08. The molecule has 1 aromatic carbocycles. The third-order valence-corrected chi connectivity index (χ3v) is 3.93. The second-order valence-corrected chi connectivity index (χ2v) is 5.91. The number of nitrogens with one attached hydrogen (secondary N) is 1. The summed E-state index contributed by atoms with van der Waals surface area (Å²) < 4.78 is 59.3. The number of benzene rings is 1. The Kier molecular flexibility index (Phi) is 7.13. The van der Waals surface area contributed by atoms with Crippen molar-refractivity contribution in [2.45, 2.75) is 31.9 Å². The topological polar surface area (TPSA) is 73.2 Å². The molecule has 1 heterocycles. The van der Waals surface area contributed by atoms with Gasteiger partial charge >= 0.3 is 12.1 Å². The molecule has 0 unspecified atom stereocenters. The number of carbonyl (C=O) groups excluding carboxylic acids is 2. The Morgan fingerprint density at radius 1 is 1.18 bits per heavy atom. The van der Waals surface area contributed by atoms with Crippen LogP contribution in [0.1, 0.15) is 41.7 Å². The van der Waals surface area contributed by atoms with E-state index < -0.39 is 34.8 Å². The van der Waals surface area contributed by atoms with Crippen LogP contribution in [0.15, 0.2) is 30.5 Å². The van der Waals surface area contributed by atoms with Crippen molar-refractivity contribution in [3.8, 4) is 5.69 Å². The molecular weight excluding hydrogens is 382 g/mol. The third kappa shape index (κ3) is 5.30. The molecule has 0 aliphatic rings. The van der Waals surface area contributed by atoms with Crippen LogP contribution < -0.4 is 5.32 Å². The molecule has 10 heteroatoms. The summed E-state index contributed by atoms with van der Waals surface area (Å²) in [6.07, 6.45) is -2.30. The van der Waals surface area contributed by atoms with Crippen LogP contribution in [0.2, 0.25) is 0 Å². The molecular formula is C18H19F4N3O3. The fourth-order valence-corrected chi connectivity index (χ4v) is 2.56. The predicted molar refractivity (Wildman–Crippen MR) is 91.3 cm³/mol. The number of alkyl halides is 3. The van der Waals surface area contributed by atoms with Gasteiger partial charge in [0.25, 0.3) is 5.91 Å². The second kappa shape index (κ2) is 9.34. The van der Waals surface area contributed by atoms with Crippen LogP contribution in [-0.2, 0) is 15.7 Å². The highest BCUT2D eigenvalue weighted by molar-refractivity contribution is 5.95. The Labute approximate surface area is 158 Å². The summed E-state index contributed by atoms with van der Waals surface area (Å²) in [6, 6.07) is 4.85. The number of para-hydroxylation sites is 1. The smallest absolute Gasteiger partial charge is 0.434 e. The van der Waals surface area contributed by atoms with Gasteiger partial charge < -0.3 is 10.1 Å². The van der Waals surface area contributed by atoms with Crippen molar-refractivity contribution in [2.75, 3.05) is 13.7 Å². The van der Waals surface area contributed by atoms with Gasteiger partial charge in [-0.15, -0.1) is 0 Å². The van der Waals surface area contributed by atoms with E-state index in [2.05, 4.69) is 15.2 Å². The van der Waals surface area contributed by atoms with E-state index >= 15 is 0 Å². The maximum Gasteiger partial charge on any atom is 0.434 e. The van der Waals surface area contributed by atoms with E-state index in [9.17, 15) is 27.2 Å². The number of methoxy groups -OCH3 is 1. The van der Waals surface area contributed by atoms with E-state index in [0.717, 1.165) is 18.3 Å². The van der Waals surface area contributed by atoms with E-state index in [4.69, 9.17) is 0 Å². The minimum absolute atomic E-state index is 0.127. The lowest BCUT2D eigenvalue weighted by molar-refractivity contribution is -0.143. The summed E-state index contributed by atoms with van der Waals surface area (Å²) in [4.78, 5) is 23.2. The average Bonchev–Trinajstić information content (AvgIpc) is 3.10. The monoisotopic (exact) mass is 401 g/mol. The lowest BCUT2D eigenvalue weighted by atomic mass is 10.2. The number of rotatable bonds is 8. The Morgan fingerprint density at radius 2 is 1.89 bits per heavy atom. The van der Waals surface area contributed by atoms with Crippen molar-refractivity contribution in [2.24, 2.45) is 0 Å². The first-order chi connectivity index (χ1) is 13.3. The van der Waals surface area contributed by atoms with E-state index in [1.165, 1.54) is 19.2 Å². The van der Waals surface area contributed by atoms with Gasteiger partial charge in [0.05, 0.1) is 18.9 Å². The number of halogens is 4. The van der Waals surface area contributed by atoms with Crippen LogP contribution in [0.4, 0.5) is 17.6 Å². The van der Waals surface area contributed by atoms with Gasteiger partial charge in [0, 0.05) is 13.0 Å². The van der Waals surface area contributed by atoms with Gasteiger partial charge in [-0.3, -0.25) is 9.59 Å². The van der Waals surface area contributed by atoms with Crippen LogP contribution in [-0.4, -0.2) is 35.3 Å². The molecule has 0 saturated carbocycles. The highest BCUT2D eigenvalue weighted by Crippen LogP contribution is 2.34. The van der Waals surface area contributed by atoms with E-state index in [0.29, 0.717) is 23.9 Å². The number of hydrogen-bond acceptors (Lipinski definition) is 4. The maximum absolute atomic E-state index is 13.9. The number of nitrogens with zero attached hydrogens (tertiary/aromatic N) is 2. The lowest BCUT2D eigenvalue weighted by Crippen LogP contribution is -2.27. The molecule has 152 valence electrons. The molecule has 0 aliphatic carbocycles. The van der Waals surface area contributed by atoms with Gasteiger partial charge in [0.15, 0.2) is 5.69 Å². The van der Waals surface area contributed by atoms with Gasteiger partial charge in [-0.2, -0.15) is 18.3 Å². The average molecular weight is 401 g/mol. The molecule has 1 aromatic heterocycles. The Hall–Kier alpha value is -2.91. The largest absolute Gasteiger partial charge is 0.469 e. The van der Waals surface area contributed by atoms with Crippen molar-refractivity contribution in [3.63, 3.8) is 0 Å². The van der Waals surface area contributed by atoms with Crippen LogP contribution in [0.3, 0.4) is 0 Å². The van der Waals surface area contributed by atoms with Crippen molar-refractivity contribution in [1.29, 1.82) is 0 Å². The van der Waals surface area contributed by atoms with E-state index in [-0.39, 0.29) is 18.9 Å². The molecule has 2 aromatic rings. The highest BCUT2D eigenvalue weighted by Gasteiger charge is 2.40. The van der Waals surface area contributed by atoms with Gasteiger partial charge in [0.1, 0.15) is 11.5 Å². The molecule has 1 amide bonds. The third-order valence-electron chi connectivity index (χ3n) is 3.93. The number of unbranched alkanes of at least 4 members (excludes halogenated alkanes) is 2. The number of aromatic nitrogens is 2. The normalized spacial score (nSPS) is 11.3. The number of amides is 1. The molecule has 0 fully saturated rings. The number of hydrogen-bond donors (Lipinski definition) is 1. The molecule has 6 nitrogen and oxygen atoms in total. The Morgan fingerprint density at radius 3 is 2.54 bits per heavy atom. The standard InChI is InChI=1S/C18H19F4N3O3/c1-28-15(26)9-3-2-6-10-23-17(27)12-11-24-25(16(12)18(20,21)22)14-8-5-4-7-13(14)19/h4-5,7-8,11H,2-3,6,9-10H2,1H3,(H,23,27). The van der Waals surface area contributed by atoms with Crippen LogP contribution >= 0.6 is 0 Å². The second-order valence-electron chi connectivity index (χ2n) is 5.91. The summed E-state index contributed by atoms with van der Waals surface area (Å²) in [5, 5.41) is 5.96. The quantitative estimate of drug-likeness (QED) is 0.418. The summed E-state index contributed by atoms with van der Waals surface area (Å²) >= 11 is 0. The minimum atomic E-state index is -4.91. The van der Waals surface area contributed by atoms with Crippen LogP contribution in [0.5, 0.6) is 0 Å². The zero-order valence-corrected chi connectivity index (χ0v) is 15.1. The molecule has 0 bridgehead atoms. The SMILES string of the molecule is COC(=O)CCCCCNC(=O)c1cnn(-c2ccccc2F)c1C(F)(F)F. The minimum Gasteiger partial charge on any atom is -0.469 e. The molecule has 28 heavy (non-hydrogen) atoms. The van der Waals surface area contributed by atoms with Gasteiger partial charge in [0.2, 0.25) is 0 Å². The number of ether oxygens (including phenoxy) is 1. The number of esters is 1. The molecule has 0 radical (unpaired) electrons. The van der Waals surface area contributed by atoms with E-state index in [1.54, 1.807) is 0 Å². The van der Waals surface area contributed by atoms with Gasteiger partial charge in [-0.1, -0.05) is 18.6 Å². The maximum atomic E-state index is 13.9. The number of carbonyl (C=O) groups is 2. The highest BCUT2D eigenvalue weighted by atomic mass is 19.4. The van der Waals surface area contributed by atoms with Crippen molar-refractivity contribution < 1.29 is 31.9 Å². The van der Waals surface area contributed by atoms with E-state index in [1.807, 2.05) is 0 Å². The van der Waals surface area contributed by atoms with Crippen LogP contribution in [0.25, 0.3) is 5.69 Å². The summed E-state index contributed by atoms with van der Waals surface area (Å²) in [5.41, 5.74) is -2.44. The first-order valence-corrected chi connectivity index (χ1v) is 8.51. The zero-order chi connectivity index (χ0) is 20.7. The fourth-order valence-electron chi connectivity index (χ4n) is 2.56. The molecule has 2 rings (SSSR count). The summed E-state index contributed by atoms with van der Waals surface area (Å²) in [7, 11) is 1.28. The molecule has 0 atom stereocenters. The summed E-state index contributed by atoms with van der Waals surface area (Å²) in [5.74, 6) is -2.20. The van der Waals surface area contributed by atoms with Gasteiger partial charge in [-0.25, -0.2) is 9.07 Å². The fraction of sp³-hybridized carbons (Fsp3) is 0.389. The van der Waals surface area contributed by atoms with Crippen molar-refractivity contribution in [1.82, 2.24) is 15.1 Å². The van der Waals surface area contributed by atoms with Crippen molar-refractivity contribution >= 4 is 11.9 Å². The molecule has 1 N–H and O–H groups in total. The van der Waals surface area contributed by atoms with Gasteiger partial charge in [-0.05, 0) is 25.0 Å². The summed E-state index contributed by atoms with van der Waals surface area (Å²) in [6.45, 7) is 0.127. The zero-order valence-electron chi connectivity index (χ0n) is 15.1. The molecule has 0 saturated heterocycles. The van der Waals surface area contributed by atoms with Crippen molar-refractivity contribution in [3.05, 3.63) is 47.5 Å². The lowest BCUT2D eigenvalue weighted by Gasteiger charge is -2.13. The molecule has 0 spiro atoms. The Bertz CT molecular complexity index is 834. The first-order valence-electron chi connectivity index (χ1n) is 8.51. The first kappa shape index (κ1) is 21.4.